The lowest BCUT2D eigenvalue weighted by atomic mass is 10.3. The van der Waals surface area contributed by atoms with E-state index in [4.69, 9.17) is 23.8 Å². The van der Waals surface area contributed by atoms with Crippen molar-refractivity contribution in [2.45, 2.75) is 0 Å². The van der Waals surface area contributed by atoms with Gasteiger partial charge in [0.25, 0.3) is 0 Å². The molecular formula is C13H8Br2ClFN2S. The van der Waals surface area contributed by atoms with Crippen molar-refractivity contribution in [2.75, 3.05) is 10.6 Å². The zero-order valence-electron chi connectivity index (χ0n) is 9.88. The lowest BCUT2D eigenvalue weighted by molar-refractivity contribution is 0.631. The Balaban J connectivity index is 2.09. The number of benzene rings is 2. The molecule has 0 heterocycles. The number of rotatable bonds is 2. The van der Waals surface area contributed by atoms with E-state index in [2.05, 4.69) is 42.5 Å². The van der Waals surface area contributed by atoms with Gasteiger partial charge in [0.05, 0.1) is 16.4 Å². The molecule has 0 atom stereocenters. The minimum atomic E-state index is -0.398. The molecular weight excluding hydrogens is 430 g/mol. The lowest BCUT2D eigenvalue weighted by Gasteiger charge is -2.12. The first-order valence-electron chi connectivity index (χ1n) is 5.44. The molecule has 0 aromatic heterocycles. The van der Waals surface area contributed by atoms with E-state index in [9.17, 15) is 4.39 Å². The van der Waals surface area contributed by atoms with Gasteiger partial charge in [0.2, 0.25) is 0 Å². The maximum absolute atomic E-state index is 13.7. The smallest absolute Gasteiger partial charge is 0.175 e. The van der Waals surface area contributed by atoms with Crippen LogP contribution in [0.5, 0.6) is 0 Å². The minimum absolute atomic E-state index is 0.260. The van der Waals surface area contributed by atoms with Crippen molar-refractivity contribution < 1.29 is 4.39 Å². The topological polar surface area (TPSA) is 24.1 Å². The van der Waals surface area contributed by atoms with Gasteiger partial charge in [-0.1, -0.05) is 43.5 Å². The molecule has 2 rings (SSSR count). The molecule has 0 amide bonds. The summed E-state index contributed by atoms with van der Waals surface area (Å²) in [5.41, 5.74) is 0.934. The Kier molecular flexibility index (Phi) is 5.37. The van der Waals surface area contributed by atoms with Crippen molar-refractivity contribution in [3.05, 3.63) is 56.2 Å². The number of hydrogen-bond donors (Lipinski definition) is 2. The lowest BCUT2D eigenvalue weighted by Crippen LogP contribution is -2.20. The molecule has 0 bridgehead atoms. The number of thiocarbonyl (C=S) groups is 1. The molecule has 0 saturated heterocycles. The highest BCUT2D eigenvalue weighted by molar-refractivity contribution is 9.10. The zero-order chi connectivity index (χ0) is 14.7. The molecule has 0 aliphatic rings. The maximum Gasteiger partial charge on any atom is 0.175 e. The van der Waals surface area contributed by atoms with Crippen molar-refractivity contribution in [1.82, 2.24) is 0 Å². The van der Waals surface area contributed by atoms with Crippen molar-refractivity contribution in [3.8, 4) is 0 Å². The van der Waals surface area contributed by atoms with E-state index in [1.807, 2.05) is 6.07 Å². The highest BCUT2D eigenvalue weighted by atomic mass is 79.9. The van der Waals surface area contributed by atoms with Crippen LogP contribution < -0.4 is 10.6 Å². The van der Waals surface area contributed by atoms with Crippen LogP contribution in [-0.2, 0) is 0 Å². The number of anilines is 2. The highest BCUT2D eigenvalue weighted by Gasteiger charge is 2.07. The first-order valence-corrected chi connectivity index (χ1v) is 7.81. The van der Waals surface area contributed by atoms with E-state index in [1.54, 1.807) is 24.3 Å². The summed E-state index contributed by atoms with van der Waals surface area (Å²) in [7, 11) is 0. The molecule has 2 aromatic carbocycles. The Morgan fingerprint density at radius 1 is 1.00 bits per heavy atom. The van der Waals surface area contributed by atoms with Crippen LogP contribution in [0.25, 0.3) is 0 Å². The third-order valence-corrected chi connectivity index (χ3v) is 3.86. The summed E-state index contributed by atoms with van der Waals surface area (Å²) in [5.74, 6) is -0.398. The van der Waals surface area contributed by atoms with Gasteiger partial charge >= 0.3 is 0 Å². The molecule has 104 valence electrons. The van der Waals surface area contributed by atoms with Crippen LogP contribution in [0.15, 0.2) is 45.3 Å². The second kappa shape index (κ2) is 6.85. The minimum Gasteiger partial charge on any atom is -0.331 e. The first-order chi connectivity index (χ1) is 9.45. The quantitative estimate of drug-likeness (QED) is 0.579. The van der Waals surface area contributed by atoms with Gasteiger partial charge < -0.3 is 10.6 Å². The number of nitrogens with one attached hydrogen (secondary N) is 2. The molecule has 0 aliphatic carbocycles. The molecule has 2 aromatic rings. The van der Waals surface area contributed by atoms with Crippen LogP contribution in [0.4, 0.5) is 15.8 Å². The van der Waals surface area contributed by atoms with Gasteiger partial charge in [-0.3, -0.25) is 0 Å². The second-order valence-corrected chi connectivity index (χ2v) is 6.47. The third-order valence-electron chi connectivity index (χ3n) is 2.36. The fraction of sp³-hybridized carbons (Fsp3) is 0. The van der Waals surface area contributed by atoms with Crippen LogP contribution in [0.1, 0.15) is 0 Å². The van der Waals surface area contributed by atoms with Crippen molar-refractivity contribution in [3.63, 3.8) is 0 Å². The molecule has 0 spiro atoms. The molecule has 0 aliphatic heterocycles. The maximum atomic E-state index is 13.7. The summed E-state index contributed by atoms with van der Waals surface area (Å²) in [6, 6.07) is 10.0. The van der Waals surface area contributed by atoms with E-state index < -0.39 is 5.82 Å². The average Bonchev–Trinajstić information content (AvgIpc) is 2.36. The molecule has 0 saturated carbocycles. The molecule has 0 fully saturated rings. The number of hydrogen-bond acceptors (Lipinski definition) is 1. The van der Waals surface area contributed by atoms with Crippen molar-refractivity contribution >= 4 is 72.2 Å². The van der Waals surface area contributed by atoms with Gasteiger partial charge in [-0.15, -0.1) is 0 Å². The van der Waals surface area contributed by atoms with Crippen LogP contribution in [0.2, 0.25) is 5.02 Å². The molecule has 0 unspecified atom stereocenters. The summed E-state index contributed by atoms with van der Waals surface area (Å²) in [6.07, 6.45) is 0. The Hall–Kier alpha value is -0.690. The van der Waals surface area contributed by atoms with Crippen molar-refractivity contribution in [2.24, 2.45) is 0 Å². The van der Waals surface area contributed by atoms with E-state index in [0.29, 0.717) is 20.9 Å². The SMILES string of the molecule is Fc1cc(Br)ccc1NC(=S)Nc1ccc(Br)cc1Cl. The van der Waals surface area contributed by atoms with Crippen LogP contribution in [0, 0.1) is 5.82 Å². The van der Waals surface area contributed by atoms with Gasteiger partial charge in [-0.25, -0.2) is 4.39 Å². The molecule has 7 heteroatoms. The number of halogens is 4. The standard InChI is InChI=1S/C13H8Br2ClFN2S/c14-7-1-3-11(9(16)5-7)18-13(20)19-12-4-2-8(15)6-10(12)17/h1-6H,(H2,18,19,20). The van der Waals surface area contributed by atoms with E-state index in [1.165, 1.54) is 6.07 Å². The molecule has 2 N–H and O–H groups in total. The van der Waals surface area contributed by atoms with Gasteiger partial charge in [0.15, 0.2) is 5.11 Å². The largest absolute Gasteiger partial charge is 0.331 e. The first kappa shape index (κ1) is 15.7. The van der Waals surface area contributed by atoms with E-state index in [-0.39, 0.29) is 5.11 Å². The van der Waals surface area contributed by atoms with Crippen LogP contribution in [0.3, 0.4) is 0 Å². The second-order valence-electron chi connectivity index (χ2n) is 3.83. The van der Waals surface area contributed by atoms with E-state index in [0.717, 1.165) is 4.47 Å². The Bertz CT molecular complexity index is 611. The Labute approximate surface area is 143 Å². The fourth-order valence-corrected chi connectivity index (χ4v) is 2.73. The van der Waals surface area contributed by atoms with Gasteiger partial charge in [-0.05, 0) is 48.6 Å². The van der Waals surface area contributed by atoms with Gasteiger partial charge in [0.1, 0.15) is 5.82 Å². The average molecular weight is 439 g/mol. The Morgan fingerprint density at radius 2 is 1.55 bits per heavy atom. The highest BCUT2D eigenvalue weighted by Crippen LogP contribution is 2.26. The summed E-state index contributed by atoms with van der Waals surface area (Å²) < 4.78 is 15.2. The van der Waals surface area contributed by atoms with Gasteiger partial charge in [-0.2, -0.15) is 0 Å². The third kappa shape index (κ3) is 4.15. The summed E-state index contributed by atoms with van der Waals surface area (Å²) in [6.45, 7) is 0. The van der Waals surface area contributed by atoms with Crippen LogP contribution in [-0.4, -0.2) is 5.11 Å². The summed E-state index contributed by atoms with van der Waals surface area (Å²) in [5, 5.41) is 6.47. The monoisotopic (exact) mass is 436 g/mol. The normalized spacial score (nSPS) is 10.2. The van der Waals surface area contributed by atoms with Crippen LogP contribution >= 0.6 is 55.7 Å². The Morgan fingerprint density at radius 3 is 2.15 bits per heavy atom. The summed E-state index contributed by atoms with van der Waals surface area (Å²) >= 11 is 17.7. The molecule has 0 radical (unpaired) electrons. The van der Waals surface area contributed by atoms with Gasteiger partial charge in [0, 0.05) is 8.95 Å². The fourth-order valence-electron chi connectivity index (χ4n) is 1.46. The molecule has 20 heavy (non-hydrogen) atoms. The zero-order valence-corrected chi connectivity index (χ0v) is 14.6. The van der Waals surface area contributed by atoms with Crippen molar-refractivity contribution in [1.29, 1.82) is 0 Å². The van der Waals surface area contributed by atoms with E-state index >= 15 is 0 Å². The summed E-state index contributed by atoms with van der Waals surface area (Å²) in [4.78, 5) is 0. The predicted molar refractivity (Wildman–Crippen MR) is 93.1 cm³/mol. The molecule has 2 nitrogen and oxygen atoms in total. The predicted octanol–water partition coefficient (Wildman–Crippen LogP) is 5.81.